The minimum absolute atomic E-state index is 0.216. The number of rotatable bonds is 6. The molecule has 0 spiro atoms. The molecule has 0 aromatic carbocycles. The van der Waals surface area contributed by atoms with Gasteiger partial charge in [-0.25, -0.2) is 0 Å². The second-order valence-electron chi connectivity index (χ2n) is 3.81. The summed E-state index contributed by atoms with van der Waals surface area (Å²) in [7, 11) is 0. The van der Waals surface area contributed by atoms with Crippen molar-refractivity contribution in [2.45, 2.75) is 26.0 Å². The van der Waals surface area contributed by atoms with E-state index < -0.39 is 0 Å². The summed E-state index contributed by atoms with van der Waals surface area (Å²) in [5.41, 5.74) is 0. The molecule has 0 aromatic heterocycles. The molecule has 0 bridgehead atoms. The first kappa shape index (κ1) is 11.9. The van der Waals surface area contributed by atoms with Crippen LogP contribution in [0.25, 0.3) is 0 Å². The van der Waals surface area contributed by atoms with Crippen LogP contribution in [0.1, 0.15) is 13.8 Å². The Kier molecular flexibility index (Phi) is 5.40. The number of hydrogen-bond donors (Lipinski definition) is 3. The minimum atomic E-state index is -0.216. The van der Waals surface area contributed by atoms with Crippen LogP contribution in [-0.2, 0) is 0 Å². The molecule has 4 heteroatoms. The quantitative estimate of drug-likeness (QED) is 0.529. The monoisotopic (exact) mass is 201 g/mol. The lowest BCUT2D eigenvalue weighted by Gasteiger charge is -2.21. The second-order valence-corrected chi connectivity index (χ2v) is 3.81. The predicted octanol–water partition coefficient (Wildman–Crippen LogP) is -0.749. The van der Waals surface area contributed by atoms with Gasteiger partial charge in [0.2, 0.25) is 0 Å². The van der Waals surface area contributed by atoms with Crippen molar-refractivity contribution in [2.24, 2.45) is 0 Å². The number of β-amino-alcohol motifs (C(OH)–C–C–N with tert-alkyl or cyclic N) is 1. The first-order valence-corrected chi connectivity index (χ1v) is 5.62. The van der Waals surface area contributed by atoms with Crippen LogP contribution in [0.15, 0.2) is 0 Å². The van der Waals surface area contributed by atoms with E-state index >= 15 is 0 Å². The Morgan fingerprint density at radius 1 is 1.36 bits per heavy atom. The Morgan fingerprint density at radius 3 is 2.57 bits per heavy atom. The minimum Gasteiger partial charge on any atom is -0.390 e. The van der Waals surface area contributed by atoms with Gasteiger partial charge in [0.1, 0.15) is 0 Å². The highest BCUT2D eigenvalue weighted by molar-refractivity contribution is 4.86. The van der Waals surface area contributed by atoms with Gasteiger partial charge in [0.15, 0.2) is 0 Å². The van der Waals surface area contributed by atoms with E-state index in [1.54, 1.807) is 0 Å². The zero-order valence-corrected chi connectivity index (χ0v) is 9.29. The van der Waals surface area contributed by atoms with Crippen molar-refractivity contribution in [2.75, 3.05) is 39.3 Å². The molecule has 1 aliphatic rings. The van der Waals surface area contributed by atoms with E-state index in [1.165, 1.54) is 0 Å². The SMILES string of the molecule is CCN(CC)CCN[C@@H]1CNC[C@H]1O. The largest absolute Gasteiger partial charge is 0.390 e. The van der Waals surface area contributed by atoms with E-state index in [9.17, 15) is 5.11 Å². The first-order valence-electron chi connectivity index (χ1n) is 5.62. The van der Waals surface area contributed by atoms with Gasteiger partial charge in [0, 0.05) is 32.2 Å². The fourth-order valence-electron chi connectivity index (χ4n) is 1.82. The normalized spacial score (nSPS) is 27.4. The van der Waals surface area contributed by atoms with Gasteiger partial charge in [0.25, 0.3) is 0 Å². The van der Waals surface area contributed by atoms with Gasteiger partial charge in [-0.3, -0.25) is 0 Å². The lowest BCUT2D eigenvalue weighted by molar-refractivity contribution is 0.160. The molecule has 0 saturated carbocycles. The Hall–Kier alpha value is -0.160. The van der Waals surface area contributed by atoms with E-state index in [-0.39, 0.29) is 12.1 Å². The fourth-order valence-corrected chi connectivity index (χ4v) is 1.82. The smallest absolute Gasteiger partial charge is 0.0829 e. The number of aliphatic hydroxyl groups is 1. The maximum atomic E-state index is 9.53. The summed E-state index contributed by atoms with van der Waals surface area (Å²) in [6, 6.07) is 0.241. The van der Waals surface area contributed by atoms with E-state index in [2.05, 4.69) is 29.4 Å². The van der Waals surface area contributed by atoms with Gasteiger partial charge < -0.3 is 20.6 Å². The summed E-state index contributed by atoms with van der Waals surface area (Å²) in [5, 5.41) is 16.1. The molecule has 1 aliphatic heterocycles. The summed E-state index contributed by atoms with van der Waals surface area (Å²) in [6.45, 7) is 10.2. The lowest BCUT2D eigenvalue weighted by Crippen LogP contribution is -2.43. The van der Waals surface area contributed by atoms with Crippen molar-refractivity contribution < 1.29 is 5.11 Å². The number of likely N-dealkylation sites (N-methyl/N-ethyl adjacent to an activating group) is 1. The molecule has 1 saturated heterocycles. The van der Waals surface area contributed by atoms with Crippen LogP contribution >= 0.6 is 0 Å². The Labute approximate surface area is 86.7 Å². The van der Waals surface area contributed by atoms with Crippen LogP contribution in [-0.4, -0.2) is 61.4 Å². The van der Waals surface area contributed by atoms with E-state index in [1.807, 2.05) is 0 Å². The molecule has 84 valence electrons. The van der Waals surface area contributed by atoms with Gasteiger partial charge in [-0.15, -0.1) is 0 Å². The Balaban J connectivity index is 2.08. The van der Waals surface area contributed by atoms with Crippen LogP contribution in [0.5, 0.6) is 0 Å². The zero-order valence-electron chi connectivity index (χ0n) is 9.29. The summed E-state index contributed by atoms with van der Waals surface area (Å²) in [6.07, 6.45) is -0.216. The van der Waals surface area contributed by atoms with Crippen molar-refractivity contribution in [3.8, 4) is 0 Å². The lowest BCUT2D eigenvalue weighted by atomic mass is 10.2. The highest BCUT2D eigenvalue weighted by atomic mass is 16.3. The number of nitrogens with zero attached hydrogens (tertiary/aromatic N) is 1. The molecule has 0 radical (unpaired) electrons. The average molecular weight is 201 g/mol. The van der Waals surface area contributed by atoms with Gasteiger partial charge in [0.05, 0.1) is 6.10 Å². The molecule has 14 heavy (non-hydrogen) atoms. The Bertz CT molecular complexity index is 150. The molecule has 3 N–H and O–H groups in total. The summed E-state index contributed by atoms with van der Waals surface area (Å²) >= 11 is 0. The maximum absolute atomic E-state index is 9.53. The molecule has 2 atom stereocenters. The molecule has 0 amide bonds. The van der Waals surface area contributed by atoms with Gasteiger partial charge in [-0.1, -0.05) is 13.8 Å². The molecule has 0 unspecified atom stereocenters. The van der Waals surface area contributed by atoms with Gasteiger partial charge >= 0.3 is 0 Å². The van der Waals surface area contributed by atoms with Crippen LogP contribution in [0.3, 0.4) is 0 Å². The number of nitrogens with one attached hydrogen (secondary N) is 2. The number of hydrogen-bond acceptors (Lipinski definition) is 4. The predicted molar refractivity (Wildman–Crippen MR) is 58.5 cm³/mol. The topological polar surface area (TPSA) is 47.5 Å². The zero-order chi connectivity index (χ0) is 10.4. The fraction of sp³-hybridized carbons (Fsp3) is 1.00. The van der Waals surface area contributed by atoms with Crippen molar-refractivity contribution in [1.29, 1.82) is 0 Å². The van der Waals surface area contributed by atoms with E-state index in [0.717, 1.165) is 39.3 Å². The van der Waals surface area contributed by atoms with Crippen LogP contribution in [0, 0.1) is 0 Å². The van der Waals surface area contributed by atoms with Crippen molar-refractivity contribution in [3.05, 3.63) is 0 Å². The second kappa shape index (κ2) is 6.35. The third-order valence-electron chi connectivity index (χ3n) is 2.91. The molecular formula is C10H23N3O. The average Bonchev–Trinajstić information content (AvgIpc) is 2.59. The molecule has 1 fully saturated rings. The molecule has 4 nitrogen and oxygen atoms in total. The van der Waals surface area contributed by atoms with Gasteiger partial charge in [-0.2, -0.15) is 0 Å². The summed E-state index contributed by atoms with van der Waals surface area (Å²) in [5.74, 6) is 0. The molecular weight excluding hydrogens is 178 g/mol. The van der Waals surface area contributed by atoms with Crippen LogP contribution in [0.4, 0.5) is 0 Å². The highest BCUT2D eigenvalue weighted by Gasteiger charge is 2.23. The van der Waals surface area contributed by atoms with Crippen molar-refractivity contribution in [3.63, 3.8) is 0 Å². The van der Waals surface area contributed by atoms with Gasteiger partial charge in [-0.05, 0) is 13.1 Å². The number of aliphatic hydroxyl groups excluding tert-OH is 1. The third-order valence-corrected chi connectivity index (χ3v) is 2.91. The summed E-state index contributed by atoms with van der Waals surface area (Å²) in [4.78, 5) is 2.38. The van der Waals surface area contributed by atoms with Crippen LogP contribution in [0.2, 0.25) is 0 Å². The van der Waals surface area contributed by atoms with Crippen molar-refractivity contribution >= 4 is 0 Å². The highest BCUT2D eigenvalue weighted by Crippen LogP contribution is 1.98. The third kappa shape index (κ3) is 3.53. The van der Waals surface area contributed by atoms with Crippen molar-refractivity contribution in [1.82, 2.24) is 15.5 Å². The molecule has 1 rings (SSSR count). The molecule has 1 heterocycles. The molecule has 0 aromatic rings. The van der Waals surface area contributed by atoms with Crippen LogP contribution < -0.4 is 10.6 Å². The standard InChI is InChI=1S/C10H23N3O/c1-3-13(4-2)6-5-12-9-7-11-8-10(9)14/h9-12,14H,3-8H2,1-2H3/t9-,10-/m1/s1. The summed E-state index contributed by atoms with van der Waals surface area (Å²) < 4.78 is 0. The Morgan fingerprint density at radius 2 is 2.07 bits per heavy atom. The van der Waals surface area contributed by atoms with E-state index in [0.29, 0.717) is 0 Å². The van der Waals surface area contributed by atoms with E-state index in [4.69, 9.17) is 0 Å². The molecule has 0 aliphatic carbocycles. The first-order chi connectivity index (χ1) is 6.77. The maximum Gasteiger partial charge on any atom is 0.0829 e.